The number of aromatic nitrogens is 2. The third-order valence-electron chi connectivity index (χ3n) is 5.51. The van der Waals surface area contributed by atoms with Gasteiger partial charge >= 0.3 is 6.18 Å². The van der Waals surface area contributed by atoms with Crippen molar-refractivity contribution < 1.29 is 32.5 Å². The Morgan fingerprint density at radius 2 is 1.82 bits per heavy atom. The van der Waals surface area contributed by atoms with Gasteiger partial charge in [0.25, 0.3) is 0 Å². The minimum absolute atomic E-state index is 0.0196. The van der Waals surface area contributed by atoms with Crippen LogP contribution in [0.2, 0.25) is 0 Å². The van der Waals surface area contributed by atoms with Crippen LogP contribution < -0.4 is 10.5 Å². The number of oxazole rings is 1. The number of nitrogens with two attached hydrogens (primary N) is 1. The minimum atomic E-state index is -4.81. The molecule has 2 aromatic heterocycles. The van der Waals surface area contributed by atoms with E-state index in [0.717, 1.165) is 11.8 Å². The SMILES string of the molecule is [C-]#[N+]c1c(N)nc(SCc2nc(-c3ccccc3)oc2C(F)(F)F)c(C#N)c1-c1ccc(OC[C@H](O)CO)cc1. The highest BCUT2D eigenvalue weighted by molar-refractivity contribution is 7.98. The lowest BCUT2D eigenvalue weighted by atomic mass is 10.00. The number of benzene rings is 2. The minimum Gasteiger partial charge on any atom is -0.491 e. The maximum Gasteiger partial charge on any atom is 0.451 e. The molecule has 4 aromatic rings. The molecule has 0 spiro atoms. The lowest BCUT2D eigenvalue weighted by molar-refractivity contribution is -0.153. The number of rotatable bonds is 9. The first-order chi connectivity index (χ1) is 19.2. The summed E-state index contributed by atoms with van der Waals surface area (Å²) in [6.45, 7) is 6.96. The van der Waals surface area contributed by atoms with Crippen molar-refractivity contribution in [1.82, 2.24) is 9.97 Å². The van der Waals surface area contributed by atoms with Crippen LogP contribution in [0.3, 0.4) is 0 Å². The van der Waals surface area contributed by atoms with Crippen molar-refractivity contribution in [3.8, 4) is 34.4 Å². The molecule has 0 unspecified atom stereocenters. The van der Waals surface area contributed by atoms with Gasteiger partial charge in [-0.3, -0.25) is 0 Å². The number of nitriles is 1. The number of thioether (sulfide) groups is 1. The van der Waals surface area contributed by atoms with Crippen LogP contribution in [0.15, 0.2) is 64.0 Å². The third-order valence-corrected chi connectivity index (χ3v) is 6.49. The molecule has 2 aromatic carbocycles. The zero-order valence-electron chi connectivity index (χ0n) is 20.5. The first-order valence-corrected chi connectivity index (χ1v) is 12.5. The summed E-state index contributed by atoms with van der Waals surface area (Å²) < 4.78 is 51.7. The molecule has 2 heterocycles. The molecule has 0 fully saturated rings. The third kappa shape index (κ3) is 6.18. The van der Waals surface area contributed by atoms with Gasteiger partial charge in [0.05, 0.1) is 18.7 Å². The summed E-state index contributed by atoms with van der Waals surface area (Å²) in [5, 5.41) is 28.4. The van der Waals surface area contributed by atoms with Gasteiger partial charge in [-0.05, 0) is 29.8 Å². The second-order valence-electron chi connectivity index (χ2n) is 8.24. The quantitative estimate of drug-likeness (QED) is 0.178. The molecule has 0 bridgehead atoms. The largest absolute Gasteiger partial charge is 0.491 e. The van der Waals surface area contributed by atoms with Crippen LogP contribution in [-0.4, -0.2) is 39.5 Å². The van der Waals surface area contributed by atoms with Crippen molar-refractivity contribution in [3.63, 3.8) is 0 Å². The maximum atomic E-state index is 13.7. The summed E-state index contributed by atoms with van der Waals surface area (Å²) >= 11 is 0.808. The Labute approximate surface area is 230 Å². The molecule has 1 atom stereocenters. The Bertz CT molecular complexity index is 1580. The van der Waals surface area contributed by atoms with Crippen molar-refractivity contribution in [3.05, 3.63) is 83.0 Å². The molecule has 4 rings (SSSR count). The van der Waals surface area contributed by atoms with E-state index >= 15 is 0 Å². The second kappa shape index (κ2) is 12.1. The van der Waals surface area contributed by atoms with Crippen molar-refractivity contribution in [1.29, 1.82) is 5.26 Å². The average Bonchev–Trinajstić information content (AvgIpc) is 3.40. The molecule has 9 nitrogen and oxygen atoms in total. The van der Waals surface area contributed by atoms with Crippen LogP contribution in [0.4, 0.5) is 24.7 Å². The Kier molecular flexibility index (Phi) is 8.60. The highest BCUT2D eigenvalue weighted by atomic mass is 32.2. The number of pyridine rings is 1. The topological polar surface area (TPSA) is 143 Å². The number of aliphatic hydroxyl groups excluding tert-OH is 2. The van der Waals surface area contributed by atoms with Gasteiger partial charge in [0.1, 0.15) is 41.1 Å². The van der Waals surface area contributed by atoms with E-state index in [-0.39, 0.29) is 51.6 Å². The number of hydrogen-bond donors (Lipinski definition) is 3. The summed E-state index contributed by atoms with van der Waals surface area (Å²) in [5.41, 5.74) is 6.45. The molecular formula is C27H20F3N5O4S. The molecule has 204 valence electrons. The lowest BCUT2D eigenvalue weighted by Crippen LogP contribution is -2.21. The molecule has 0 saturated heterocycles. The summed E-state index contributed by atoms with van der Waals surface area (Å²) in [6.07, 6.45) is -5.87. The average molecular weight is 568 g/mol. The van der Waals surface area contributed by atoms with Gasteiger partial charge in [0.2, 0.25) is 17.3 Å². The van der Waals surface area contributed by atoms with Gasteiger partial charge < -0.3 is 25.1 Å². The molecule has 0 aliphatic carbocycles. The number of halogens is 3. The van der Waals surface area contributed by atoms with Crippen LogP contribution in [0.25, 0.3) is 27.4 Å². The van der Waals surface area contributed by atoms with Crippen molar-refractivity contribution in [2.45, 2.75) is 23.1 Å². The van der Waals surface area contributed by atoms with Gasteiger partial charge in [0.15, 0.2) is 0 Å². The van der Waals surface area contributed by atoms with Gasteiger partial charge in [-0.1, -0.05) is 42.1 Å². The van der Waals surface area contributed by atoms with E-state index in [1.807, 2.05) is 6.07 Å². The van der Waals surface area contributed by atoms with Crippen molar-refractivity contribution in [2.75, 3.05) is 18.9 Å². The number of nitrogens with zero attached hydrogens (tertiary/aromatic N) is 4. The van der Waals surface area contributed by atoms with E-state index in [1.54, 1.807) is 42.5 Å². The molecule has 0 radical (unpaired) electrons. The summed E-state index contributed by atoms with van der Waals surface area (Å²) in [6, 6.07) is 16.3. The zero-order chi connectivity index (χ0) is 28.9. The lowest BCUT2D eigenvalue weighted by Gasteiger charge is -2.14. The molecule has 4 N–H and O–H groups in total. The predicted molar refractivity (Wildman–Crippen MR) is 140 cm³/mol. The fraction of sp³-hybridized carbons (Fsp3) is 0.185. The predicted octanol–water partition coefficient (Wildman–Crippen LogP) is 5.45. The van der Waals surface area contributed by atoms with Crippen LogP contribution in [0, 0.1) is 17.9 Å². The number of hydrogen-bond acceptors (Lipinski definition) is 9. The first kappa shape index (κ1) is 28.4. The zero-order valence-corrected chi connectivity index (χ0v) is 21.3. The van der Waals surface area contributed by atoms with E-state index in [9.17, 15) is 23.5 Å². The van der Waals surface area contributed by atoms with E-state index < -0.39 is 24.6 Å². The number of alkyl halides is 3. The number of nitrogen functional groups attached to an aromatic ring is 1. The molecule has 0 aliphatic rings. The van der Waals surface area contributed by atoms with E-state index in [0.29, 0.717) is 16.9 Å². The fourth-order valence-electron chi connectivity index (χ4n) is 3.65. The Hall–Kier alpha value is -4.56. The van der Waals surface area contributed by atoms with Gasteiger partial charge in [-0.25, -0.2) is 14.8 Å². The molecule has 0 aliphatic heterocycles. The molecular weight excluding hydrogens is 547 g/mol. The summed E-state index contributed by atoms with van der Waals surface area (Å²) in [5.74, 6) is -1.64. The van der Waals surface area contributed by atoms with Crippen molar-refractivity contribution >= 4 is 23.3 Å². The van der Waals surface area contributed by atoms with Gasteiger partial charge in [0, 0.05) is 16.9 Å². The second-order valence-corrected chi connectivity index (χ2v) is 9.21. The number of anilines is 1. The Balaban J connectivity index is 1.69. The molecule has 40 heavy (non-hydrogen) atoms. The monoisotopic (exact) mass is 567 g/mol. The normalized spacial score (nSPS) is 12.0. The van der Waals surface area contributed by atoms with E-state index in [4.69, 9.17) is 26.6 Å². The number of aliphatic hydroxyl groups is 2. The Morgan fingerprint density at radius 1 is 1.12 bits per heavy atom. The molecule has 0 saturated carbocycles. The fourth-order valence-corrected chi connectivity index (χ4v) is 4.57. The van der Waals surface area contributed by atoms with E-state index in [1.165, 1.54) is 12.1 Å². The van der Waals surface area contributed by atoms with E-state index in [2.05, 4.69) is 14.8 Å². The smallest absolute Gasteiger partial charge is 0.451 e. The molecule has 0 amide bonds. The molecule has 13 heteroatoms. The van der Waals surface area contributed by atoms with Crippen LogP contribution in [0.5, 0.6) is 5.75 Å². The van der Waals surface area contributed by atoms with Gasteiger partial charge in [-0.15, -0.1) is 0 Å². The highest BCUT2D eigenvalue weighted by Gasteiger charge is 2.39. The number of ether oxygens (including phenoxy) is 1. The standard InChI is InChI=1S/C27H20F3N5O4S/c1-33-22-21(15-7-9-18(10-8-15)38-13-17(37)12-36)19(11-31)26(35-24(22)32)40-14-20-23(27(28,29)30)39-25(34-20)16-5-3-2-4-6-16/h2-10,17,36-37H,12-14H2,(H2,32,35)/t17-/m1/s1. The highest BCUT2D eigenvalue weighted by Crippen LogP contribution is 2.43. The van der Waals surface area contributed by atoms with Crippen LogP contribution in [-0.2, 0) is 11.9 Å². The van der Waals surface area contributed by atoms with Crippen LogP contribution >= 0.6 is 11.8 Å². The summed E-state index contributed by atoms with van der Waals surface area (Å²) in [4.78, 5) is 11.6. The van der Waals surface area contributed by atoms with Crippen molar-refractivity contribution in [2.24, 2.45) is 0 Å². The maximum absolute atomic E-state index is 13.7. The van der Waals surface area contributed by atoms with Crippen LogP contribution in [0.1, 0.15) is 17.0 Å². The Morgan fingerprint density at radius 3 is 2.42 bits per heavy atom. The summed E-state index contributed by atoms with van der Waals surface area (Å²) in [7, 11) is 0. The first-order valence-electron chi connectivity index (χ1n) is 11.5. The van der Waals surface area contributed by atoms with Gasteiger partial charge in [-0.2, -0.15) is 18.4 Å².